The van der Waals surface area contributed by atoms with Gasteiger partial charge < -0.3 is 15.2 Å². The van der Waals surface area contributed by atoms with Gasteiger partial charge in [-0.15, -0.1) is 0 Å². The van der Waals surface area contributed by atoms with Gasteiger partial charge in [0.2, 0.25) is 0 Å². The Kier molecular flexibility index (Phi) is 5.62. The van der Waals surface area contributed by atoms with E-state index in [1.807, 2.05) is 78.9 Å². The minimum absolute atomic E-state index is 0.555. The number of rotatable bonds is 5. The van der Waals surface area contributed by atoms with Gasteiger partial charge in [0.25, 0.3) is 0 Å². The van der Waals surface area contributed by atoms with Gasteiger partial charge in [0.1, 0.15) is 11.5 Å². The van der Waals surface area contributed by atoms with E-state index in [0.717, 1.165) is 44.8 Å². The average Bonchev–Trinajstić information content (AvgIpc) is 3.37. The number of nitrogen functional groups attached to an aromatic ring is 1. The lowest BCUT2D eigenvalue weighted by molar-refractivity contribution is 0.415. The number of anilines is 1. The first-order chi connectivity index (χ1) is 18.1. The van der Waals surface area contributed by atoms with E-state index >= 15 is 0 Å². The molecule has 0 aliphatic rings. The van der Waals surface area contributed by atoms with Crippen molar-refractivity contribution in [3.63, 3.8) is 0 Å². The Morgan fingerprint density at radius 3 is 1.95 bits per heavy atom. The van der Waals surface area contributed by atoms with E-state index in [4.69, 9.17) is 36.8 Å². The minimum atomic E-state index is 0.555. The molecule has 3 heterocycles. The summed E-state index contributed by atoms with van der Waals surface area (Å²) >= 11 is 6.13. The molecular formula is C29H22ClN5O2. The fourth-order valence-electron chi connectivity index (χ4n) is 4.41. The lowest BCUT2D eigenvalue weighted by Crippen LogP contribution is -2.03. The number of benzene rings is 3. The molecule has 182 valence electrons. The predicted molar refractivity (Wildman–Crippen MR) is 147 cm³/mol. The zero-order valence-electron chi connectivity index (χ0n) is 20.1. The maximum Gasteiger partial charge on any atom is 0.167 e. The molecular weight excluding hydrogens is 486 g/mol. The van der Waals surface area contributed by atoms with Crippen LogP contribution in [0.1, 0.15) is 0 Å². The van der Waals surface area contributed by atoms with Crippen molar-refractivity contribution in [1.29, 1.82) is 0 Å². The van der Waals surface area contributed by atoms with Crippen LogP contribution in [0.2, 0.25) is 5.02 Å². The number of halogens is 1. The van der Waals surface area contributed by atoms with Crippen LogP contribution in [0.3, 0.4) is 0 Å². The third kappa shape index (κ3) is 3.99. The molecule has 2 N–H and O–H groups in total. The Labute approximate surface area is 218 Å². The molecule has 0 aliphatic heterocycles. The molecule has 0 unspecified atom stereocenters. The van der Waals surface area contributed by atoms with Crippen LogP contribution in [0.4, 0.5) is 5.69 Å². The number of nitrogens with zero attached hydrogens (tertiary/aromatic N) is 4. The number of ether oxygens (including phenoxy) is 2. The molecule has 6 aromatic rings. The van der Waals surface area contributed by atoms with Crippen molar-refractivity contribution >= 4 is 34.0 Å². The topological polar surface area (TPSA) is 87.6 Å². The molecule has 8 heteroatoms. The highest BCUT2D eigenvalue weighted by atomic mass is 35.5. The normalized spacial score (nSPS) is 11.2. The molecule has 0 saturated heterocycles. The average molecular weight is 508 g/mol. The molecule has 3 aromatic carbocycles. The molecule has 0 saturated carbocycles. The van der Waals surface area contributed by atoms with Gasteiger partial charge in [0, 0.05) is 27.4 Å². The standard InChI is InChI=1S/C29H22ClN5O2/c1-36-21-11-5-18(6-12-21)25-15-24(31)26-27(19-7-13-22(37-2)14-8-19)34-28-23(16-32-35(28)29(26)33-25)17-3-9-20(30)10-4-17/h3-16H,1-2H3,(H2,31,33). The summed E-state index contributed by atoms with van der Waals surface area (Å²) in [6.45, 7) is 0. The lowest BCUT2D eigenvalue weighted by Gasteiger charge is -2.13. The first-order valence-corrected chi connectivity index (χ1v) is 12.0. The van der Waals surface area contributed by atoms with Crippen LogP contribution in [0.5, 0.6) is 11.5 Å². The van der Waals surface area contributed by atoms with E-state index in [9.17, 15) is 0 Å². The number of hydrogen-bond donors (Lipinski definition) is 1. The molecule has 7 nitrogen and oxygen atoms in total. The van der Waals surface area contributed by atoms with E-state index in [-0.39, 0.29) is 0 Å². The number of pyridine rings is 1. The maximum atomic E-state index is 6.69. The second kappa shape index (κ2) is 9.11. The summed E-state index contributed by atoms with van der Waals surface area (Å²) in [5.41, 5.74) is 13.6. The zero-order valence-corrected chi connectivity index (χ0v) is 20.9. The van der Waals surface area contributed by atoms with Crippen LogP contribution in [-0.4, -0.2) is 33.8 Å². The van der Waals surface area contributed by atoms with Gasteiger partial charge in [-0.1, -0.05) is 23.7 Å². The highest BCUT2D eigenvalue weighted by molar-refractivity contribution is 6.30. The lowest BCUT2D eigenvalue weighted by atomic mass is 10.0. The SMILES string of the molecule is COc1ccc(-c2cc(N)c3c(-c4ccc(OC)cc4)nc4c(-c5ccc(Cl)cc5)cnn4c3n2)cc1. The second-order valence-corrected chi connectivity index (χ2v) is 8.95. The molecule has 0 spiro atoms. The van der Waals surface area contributed by atoms with E-state index in [0.29, 0.717) is 27.7 Å². The van der Waals surface area contributed by atoms with Crippen LogP contribution in [0.15, 0.2) is 85.1 Å². The maximum absolute atomic E-state index is 6.69. The Balaban J connectivity index is 1.65. The van der Waals surface area contributed by atoms with Gasteiger partial charge >= 0.3 is 0 Å². The van der Waals surface area contributed by atoms with Gasteiger partial charge in [0.15, 0.2) is 11.3 Å². The number of aromatic nitrogens is 4. The van der Waals surface area contributed by atoms with E-state index in [1.165, 1.54) is 0 Å². The fraction of sp³-hybridized carbons (Fsp3) is 0.0690. The Bertz CT molecular complexity index is 1750. The third-order valence-corrected chi connectivity index (χ3v) is 6.59. The number of fused-ring (bicyclic) bond motifs is 3. The van der Waals surface area contributed by atoms with E-state index in [1.54, 1.807) is 24.9 Å². The Morgan fingerprint density at radius 1 is 0.730 bits per heavy atom. The van der Waals surface area contributed by atoms with Crippen molar-refractivity contribution in [3.8, 4) is 45.1 Å². The number of methoxy groups -OCH3 is 2. The van der Waals surface area contributed by atoms with E-state index in [2.05, 4.69) is 5.10 Å². The van der Waals surface area contributed by atoms with Crippen molar-refractivity contribution in [2.24, 2.45) is 0 Å². The smallest absolute Gasteiger partial charge is 0.167 e. The monoisotopic (exact) mass is 507 g/mol. The molecule has 3 aromatic heterocycles. The summed E-state index contributed by atoms with van der Waals surface area (Å²) in [5, 5.41) is 6.06. The molecule has 0 aliphatic carbocycles. The summed E-state index contributed by atoms with van der Waals surface area (Å²) in [4.78, 5) is 10.1. The van der Waals surface area contributed by atoms with Gasteiger partial charge in [-0.25, -0.2) is 9.97 Å². The summed E-state index contributed by atoms with van der Waals surface area (Å²) in [5.74, 6) is 1.53. The number of nitrogens with two attached hydrogens (primary N) is 1. The summed E-state index contributed by atoms with van der Waals surface area (Å²) in [6, 6.07) is 24.9. The third-order valence-electron chi connectivity index (χ3n) is 6.33. The Hall–Kier alpha value is -4.62. The van der Waals surface area contributed by atoms with Gasteiger partial charge in [0.05, 0.1) is 37.2 Å². The van der Waals surface area contributed by atoms with Crippen molar-refractivity contribution < 1.29 is 9.47 Å². The fourth-order valence-corrected chi connectivity index (χ4v) is 4.54. The highest BCUT2D eigenvalue weighted by Crippen LogP contribution is 2.37. The summed E-state index contributed by atoms with van der Waals surface area (Å²) < 4.78 is 12.4. The first-order valence-electron chi connectivity index (χ1n) is 11.6. The molecule has 6 rings (SSSR count). The summed E-state index contributed by atoms with van der Waals surface area (Å²) in [7, 11) is 3.28. The van der Waals surface area contributed by atoms with Gasteiger partial charge in [-0.3, -0.25) is 0 Å². The Morgan fingerprint density at radius 2 is 1.32 bits per heavy atom. The van der Waals surface area contributed by atoms with Crippen LogP contribution < -0.4 is 15.2 Å². The van der Waals surface area contributed by atoms with Crippen molar-refractivity contribution in [3.05, 3.63) is 90.1 Å². The largest absolute Gasteiger partial charge is 0.497 e. The van der Waals surface area contributed by atoms with Crippen LogP contribution in [0, 0.1) is 0 Å². The van der Waals surface area contributed by atoms with Crippen LogP contribution in [-0.2, 0) is 0 Å². The predicted octanol–water partition coefficient (Wildman–Crippen LogP) is 6.53. The van der Waals surface area contributed by atoms with Crippen molar-refractivity contribution in [2.45, 2.75) is 0 Å². The zero-order chi connectivity index (χ0) is 25.5. The molecule has 0 radical (unpaired) electrons. The van der Waals surface area contributed by atoms with Gasteiger partial charge in [-0.05, 0) is 72.3 Å². The first kappa shape index (κ1) is 22.8. The molecule has 0 bridgehead atoms. The van der Waals surface area contributed by atoms with Crippen molar-refractivity contribution in [1.82, 2.24) is 19.6 Å². The van der Waals surface area contributed by atoms with Crippen LogP contribution >= 0.6 is 11.6 Å². The molecule has 0 atom stereocenters. The van der Waals surface area contributed by atoms with Crippen LogP contribution in [0.25, 0.3) is 50.3 Å². The molecule has 0 fully saturated rings. The molecule has 37 heavy (non-hydrogen) atoms. The number of hydrogen-bond acceptors (Lipinski definition) is 6. The van der Waals surface area contributed by atoms with E-state index < -0.39 is 0 Å². The van der Waals surface area contributed by atoms with Gasteiger partial charge in [-0.2, -0.15) is 9.61 Å². The molecule has 0 amide bonds. The highest BCUT2D eigenvalue weighted by Gasteiger charge is 2.20. The van der Waals surface area contributed by atoms with Crippen molar-refractivity contribution in [2.75, 3.05) is 20.0 Å². The second-order valence-electron chi connectivity index (χ2n) is 8.51. The minimum Gasteiger partial charge on any atom is -0.497 e. The quantitative estimate of drug-likeness (QED) is 0.285. The summed E-state index contributed by atoms with van der Waals surface area (Å²) in [6.07, 6.45) is 1.79.